The SMILES string of the molecule is CCCNC1C(=O)N(C)c2ccc(OC)cc21. The van der Waals surface area contributed by atoms with Gasteiger partial charge in [-0.25, -0.2) is 0 Å². The third kappa shape index (κ3) is 2.00. The Labute approximate surface area is 102 Å². The molecule has 0 aromatic heterocycles. The topological polar surface area (TPSA) is 41.6 Å². The van der Waals surface area contributed by atoms with Gasteiger partial charge in [0, 0.05) is 18.3 Å². The molecular weight excluding hydrogens is 216 g/mol. The van der Waals surface area contributed by atoms with E-state index in [0.29, 0.717) is 0 Å². The van der Waals surface area contributed by atoms with E-state index in [4.69, 9.17) is 4.74 Å². The Morgan fingerprint density at radius 3 is 2.88 bits per heavy atom. The van der Waals surface area contributed by atoms with Crippen molar-refractivity contribution in [1.29, 1.82) is 0 Å². The predicted octanol–water partition coefficient (Wildman–Crippen LogP) is 1.71. The zero-order valence-corrected chi connectivity index (χ0v) is 10.5. The molecule has 0 aliphatic carbocycles. The van der Waals surface area contributed by atoms with Gasteiger partial charge in [-0.2, -0.15) is 0 Å². The predicted molar refractivity (Wildman–Crippen MR) is 67.4 cm³/mol. The maximum absolute atomic E-state index is 12.1. The van der Waals surface area contributed by atoms with Crippen molar-refractivity contribution in [1.82, 2.24) is 5.32 Å². The minimum Gasteiger partial charge on any atom is -0.497 e. The van der Waals surface area contributed by atoms with Crippen molar-refractivity contribution in [2.24, 2.45) is 0 Å². The maximum Gasteiger partial charge on any atom is 0.248 e. The summed E-state index contributed by atoms with van der Waals surface area (Å²) < 4.78 is 5.21. The summed E-state index contributed by atoms with van der Waals surface area (Å²) >= 11 is 0. The second kappa shape index (κ2) is 4.75. The van der Waals surface area contributed by atoms with Gasteiger partial charge < -0.3 is 15.0 Å². The number of carbonyl (C=O) groups excluding carboxylic acids is 1. The number of nitrogens with zero attached hydrogens (tertiary/aromatic N) is 1. The van der Waals surface area contributed by atoms with E-state index >= 15 is 0 Å². The number of amides is 1. The van der Waals surface area contributed by atoms with Crippen molar-refractivity contribution < 1.29 is 9.53 Å². The summed E-state index contributed by atoms with van der Waals surface area (Å²) in [5, 5.41) is 3.27. The molecule has 1 unspecified atom stereocenters. The van der Waals surface area contributed by atoms with Crippen LogP contribution in [0.3, 0.4) is 0 Å². The second-order valence-electron chi connectivity index (χ2n) is 4.21. The summed E-state index contributed by atoms with van der Waals surface area (Å²) in [6.07, 6.45) is 1.01. The molecule has 4 heteroatoms. The van der Waals surface area contributed by atoms with Gasteiger partial charge in [0.2, 0.25) is 5.91 Å². The molecule has 0 saturated carbocycles. The Morgan fingerprint density at radius 2 is 2.24 bits per heavy atom. The molecule has 1 aliphatic rings. The molecule has 1 N–H and O–H groups in total. The van der Waals surface area contributed by atoms with Gasteiger partial charge in [0.1, 0.15) is 11.8 Å². The molecule has 0 radical (unpaired) electrons. The fourth-order valence-corrected chi connectivity index (χ4v) is 2.13. The summed E-state index contributed by atoms with van der Waals surface area (Å²) in [5.74, 6) is 0.886. The number of likely N-dealkylation sites (N-methyl/N-ethyl adjacent to an activating group) is 1. The minimum absolute atomic E-state index is 0.0988. The second-order valence-corrected chi connectivity index (χ2v) is 4.21. The van der Waals surface area contributed by atoms with Crippen LogP contribution < -0.4 is 15.0 Å². The first-order chi connectivity index (χ1) is 8.19. The molecule has 0 bridgehead atoms. The molecule has 0 saturated heterocycles. The number of rotatable bonds is 4. The third-order valence-corrected chi connectivity index (χ3v) is 3.08. The molecule has 17 heavy (non-hydrogen) atoms. The van der Waals surface area contributed by atoms with Crippen LogP contribution in [0.4, 0.5) is 5.69 Å². The van der Waals surface area contributed by atoms with Crippen LogP contribution in [0.15, 0.2) is 18.2 Å². The molecule has 1 atom stereocenters. The minimum atomic E-state index is -0.231. The Kier molecular flexibility index (Phi) is 3.33. The number of hydrogen-bond donors (Lipinski definition) is 1. The lowest BCUT2D eigenvalue weighted by molar-refractivity contribution is -0.119. The third-order valence-electron chi connectivity index (χ3n) is 3.08. The van der Waals surface area contributed by atoms with Gasteiger partial charge in [0.15, 0.2) is 0 Å². The largest absolute Gasteiger partial charge is 0.497 e. The first-order valence-electron chi connectivity index (χ1n) is 5.88. The van der Waals surface area contributed by atoms with E-state index in [-0.39, 0.29) is 11.9 Å². The zero-order chi connectivity index (χ0) is 12.4. The van der Waals surface area contributed by atoms with E-state index in [0.717, 1.165) is 30.0 Å². The lowest BCUT2D eigenvalue weighted by Gasteiger charge is -2.12. The molecule has 2 rings (SSSR count). The number of hydrogen-bond acceptors (Lipinski definition) is 3. The molecule has 1 amide bonds. The van der Waals surface area contributed by atoms with Gasteiger partial charge in [0.05, 0.1) is 7.11 Å². The monoisotopic (exact) mass is 234 g/mol. The van der Waals surface area contributed by atoms with Gasteiger partial charge in [-0.1, -0.05) is 6.92 Å². The van der Waals surface area contributed by atoms with Crippen LogP contribution in [0, 0.1) is 0 Å². The van der Waals surface area contributed by atoms with E-state index in [2.05, 4.69) is 12.2 Å². The fourth-order valence-electron chi connectivity index (χ4n) is 2.13. The molecule has 1 heterocycles. The van der Waals surface area contributed by atoms with Crippen LogP contribution >= 0.6 is 0 Å². The van der Waals surface area contributed by atoms with Crippen LogP contribution in [0.2, 0.25) is 0 Å². The smallest absolute Gasteiger partial charge is 0.248 e. The normalized spacial score (nSPS) is 18.4. The summed E-state index contributed by atoms with van der Waals surface area (Å²) in [4.78, 5) is 13.8. The van der Waals surface area contributed by atoms with Crippen molar-refractivity contribution in [2.75, 3.05) is 25.6 Å². The van der Waals surface area contributed by atoms with Crippen LogP contribution in [-0.4, -0.2) is 26.6 Å². The lowest BCUT2D eigenvalue weighted by Crippen LogP contribution is -2.32. The Bertz CT molecular complexity index is 431. The number of anilines is 1. The highest BCUT2D eigenvalue weighted by molar-refractivity contribution is 6.04. The number of nitrogens with one attached hydrogen (secondary N) is 1. The van der Waals surface area contributed by atoms with Gasteiger partial charge in [-0.15, -0.1) is 0 Å². The molecule has 4 nitrogen and oxygen atoms in total. The number of carbonyl (C=O) groups is 1. The van der Waals surface area contributed by atoms with E-state index in [1.54, 1.807) is 19.1 Å². The van der Waals surface area contributed by atoms with Crippen molar-refractivity contribution in [2.45, 2.75) is 19.4 Å². The molecular formula is C13H18N2O2. The van der Waals surface area contributed by atoms with Gasteiger partial charge >= 0.3 is 0 Å². The first-order valence-corrected chi connectivity index (χ1v) is 5.88. The van der Waals surface area contributed by atoms with Crippen molar-refractivity contribution in [3.8, 4) is 5.75 Å². The van der Waals surface area contributed by atoms with Crippen molar-refractivity contribution in [3.63, 3.8) is 0 Å². The number of benzene rings is 1. The van der Waals surface area contributed by atoms with Crippen LogP contribution in [0.25, 0.3) is 0 Å². The lowest BCUT2D eigenvalue weighted by atomic mass is 10.1. The summed E-state index contributed by atoms with van der Waals surface area (Å²) in [5.41, 5.74) is 1.97. The summed E-state index contributed by atoms with van der Waals surface area (Å²) in [7, 11) is 3.44. The van der Waals surface area contributed by atoms with Crippen LogP contribution in [0.1, 0.15) is 24.9 Å². The van der Waals surface area contributed by atoms with Gasteiger partial charge in [-0.05, 0) is 31.2 Å². The summed E-state index contributed by atoms with van der Waals surface area (Å²) in [6.45, 7) is 2.92. The highest BCUT2D eigenvalue weighted by atomic mass is 16.5. The molecule has 0 spiro atoms. The highest BCUT2D eigenvalue weighted by Crippen LogP contribution is 2.37. The quantitative estimate of drug-likeness (QED) is 0.862. The average Bonchev–Trinajstić information content (AvgIpc) is 2.59. The van der Waals surface area contributed by atoms with Gasteiger partial charge in [-0.3, -0.25) is 4.79 Å². The van der Waals surface area contributed by atoms with Crippen LogP contribution in [0.5, 0.6) is 5.75 Å². The molecule has 1 aromatic carbocycles. The molecule has 92 valence electrons. The molecule has 1 aliphatic heterocycles. The number of ether oxygens (including phenoxy) is 1. The average molecular weight is 234 g/mol. The van der Waals surface area contributed by atoms with E-state index in [1.165, 1.54) is 0 Å². The number of fused-ring (bicyclic) bond motifs is 1. The number of methoxy groups -OCH3 is 1. The Balaban J connectivity index is 2.35. The fraction of sp³-hybridized carbons (Fsp3) is 0.462. The van der Waals surface area contributed by atoms with Crippen LogP contribution in [-0.2, 0) is 4.79 Å². The van der Waals surface area contributed by atoms with Gasteiger partial charge in [0.25, 0.3) is 0 Å². The van der Waals surface area contributed by atoms with E-state index in [1.807, 2.05) is 18.2 Å². The molecule has 1 aromatic rings. The highest BCUT2D eigenvalue weighted by Gasteiger charge is 2.34. The van der Waals surface area contributed by atoms with E-state index < -0.39 is 0 Å². The Hall–Kier alpha value is -1.55. The zero-order valence-electron chi connectivity index (χ0n) is 10.5. The Morgan fingerprint density at radius 1 is 1.47 bits per heavy atom. The maximum atomic E-state index is 12.1. The van der Waals surface area contributed by atoms with Crippen molar-refractivity contribution in [3.05, 3.63) is 23.8 Å². The molecule has 0 fully saturated rings. The first kappa shape index (κ1) is 11.9. The van der Waals surface area contributed by atoms with Crippen molar-refractivity contribution >= 4 is 11.6 Å². The van der Waals surface area contributed by atoms with E-state index in [9.17, 15) is 4.79 Å². The standard InChI is InChI=1S/C13H18N2O2/c1-4-7-14-12-10-8-9(17-3)5-6-11(10)15(2)13(12)16/h5-6,8,12,14H,4,7H2,1-3H3. The summed E-state index contributed by atoms with van der Waals surface area (Å²) in [6, 6.07) is 5.51.